The molecular weight excluding hydrogens is 226 g/mol. The second-order valence-electron chi connectivity index (χ2n) is 4.66. The highest BCUT2D eigenvalue weighted by atomic mass is 16.3. The molecule has 18 heavy (non-hydrogen) atoms. The molecule has 2 aromatic rings. The summed E-state index contributed by atoms with van der Waals surface area (Å²) >= 11 is 0. The molecule has 1 atom stereocenters. The van der Waals surface area contributed by atoms with Crippen molar-refractivity contribution in [3.63, 3.8) is 0 Å². The molecule has 96 valence electrons. The van der Waals surface area contributed by atoms with E-state index in [1.165, 1.54) is 5.56 Å². The maximum absolute atomic E-state index is 10.2. The van der Waals surface area contributed by atoms with Crippen LogP contribution in [0.2, 0.25) is 0 Å². The zero-order valence-corrected chi connectivity index (χ0v) is 11.0. The molecule has 3 N–H and O–H groups in total. The van der Waals surface area contributed by atoms with Gasteiger partial charge in [-0.2, -0.15) is 5.10 Å². The Morgan fingerprint density at radius 3 is 2.61 bits per heavy atom. The van der Waals surface area contributed by atoms with Gasteiger partial charge in [0.05, 0.1) is 18.3 Å². The molecule has 0 spiro atoms. The number of aliphatic hydroxyl groups excluding tert-OH is 1. The third-order valence-electron chi connectivity index (χ3n) is 3.38. The quantitative estimate of drug-likeness (QED) is 0.814. The number of rotatable bonds is 3. The molecule has 1 aromatic heterocycles. The number of aryl methyl sites for hydroxylation is 1. The summed E-state index contributed by atoms with van der Waals surface area (Å²) < 4.78 is 1.85. The number of anilines is 1. The van der Waals surface area contributed by atoms with Gasteiger partial charge in [-0.25, -0.2) is 0 Å². The van der Waals surface area contributed by atoms with E-state index in [0.717, 1.165) is 17.0 Å². The van der Waals surface area contributed by atoms with Crippen LogP contribution in [0.5, 0.6) is 0 Å². The van der Waals surface area contributed by atoms with Crippen molar-refractivity contribution in [3.8, 4) is 0 Å². The third-order valence-corrected chi connectivity index (χ3v) is 3.38. The summed E-state index contributed by atoms with van der Waals surface area (Å²) in [5.41, 5.74) is 10.5. The average Bonchev–Trinajstić information content (AvgIpc) is 2.57. The Kier molecular flexibility index (Phi) is 3.39. The lowest BCUT2D eigenvalue weighted by molar-refractivity contribution is 0.150. The first-order chi connectivity index (χ1) is 8.49. The number of hydrogen-bond acceptors (Lipinski definition) is 3. The molecule has 4 heteroatoms. The van der Waals surface area contributed by atoms with Crippen molar-refractivity contribution < 1.29 is 5.11 Å². The van der Waals surface area contributed by atoms with E-state index in [1.807, 2.05) is 43.7 Å². The monoisotopic (exact) mass is 245 g/mol. The zero-order valence-electron chi connectivity index (χ0n) is 11.0. The van der Waals surface area contributed by atoms with E-state index < -0.39 is 6.10 Å². The lowest BCUT2D eigenvalue weighted by atomic mass is 10.1. The Labute approximate surface area is 107 Å². The van der Waals surface area contributed by atoms with Crippen molar-refractivity contribution in [1.29, 1.82) is 0 Å². The summed E-state index contributed by atoms with van der Waals surface area (Å²) in [4.78, 5) is 0. The van der Waals surface area contributed by atoms with Gasteiger partial charge in [-0.3, -0.25) is 4.68 Å². The fourth-order valence-corrected chi connectivity index (χ4v) is 2.00. The van der Waals surface area contributed by atoms with Crippen molar-refractivity contribution >= 4 is 5.69 Å². The highest BCUT2D eigenvalue weighted by molar-refractivity contribution is 5.41. The molecule has 0 aliphatic rings. The van der Waals surface area contributed by atoms with Crippen LogP contribution >= 0.6 is 0 Å². The van der Waals surface area contributed by atoms with Crippen molar-refractivity contribution in [1.82, 2.24) is 9.78 Å². The predicted molar refractivity (Wildman–Crippen MR) is 72.3 cm³/mol. The lowest BCUT2D eigenvalue weighted by Crippen LogP contribution is -2.11. The van der Waals surface area contributed by atoms with E-state index in [0.29, 0.717) is 12.2 Å². The van der Waals surface area contributed by atoms with Gasteiger partial charge in [0.1, 0.15) is 0 Å². The number of nitrogens with two attached hydrogens (primary N) is 1. The highest BCUT2D eigenvalue weighted by Gasteiger charge is 2.13. The van der Waals surface area contributed by atoms with Crippen LogP contribution < -0.4 is 5.73 Å². The topological polar surface area (TPSA) is 64.1 Å². The molecule has 0 aliphatic heterocycles. The van der Waals surface area contributed by atoms with Crippen LogP contribution in [0.1, 0.15) is 28.6 Å². The molecule has 0 bridgehead atoms. The van der Waals surface area contributed by atoms with Crippen LogP contribution in [-0.2, 0) is 6.54 Å². The molecule has 0 aliphatic carbocycles. The van der Waals surface area contributed by atoms with Crippen LogP contribution in [0, 0.1) is 20.8 Å². The molecule has 0 radical (unpaired) electrons. The fraction of sp³-hybridized carbons (Fsp3) is 0.357. The number of nitrogens with zero attached hydrogens (tertiary/aromatic N) is 2. The van der Waals surface area contributed by atoms with Crippen LogP contribution in [0.25, 0.3) is 0 Å². The Morgan fingerprint density at radius 1 is 1.33 bits per heavy atom. The van der Waals surface area contributed by atoms with Crippen LogP contribution in [0.3, 0.4) is 0 Å². The molecule has 1 unspecified atom stereocenters. The summed E-state index contributed by atoms with van der Waals surface area (Å²) in [7, 11) is 0. The van der Waals surface area contributed by atoms with E-state index >= 15 is 0 Å². The second-order valence-corrected chi connectivity index (χ2v) is 4.66. The zero-order chi connectivity index (χ0) is 13.3. The normalized spacial score (nSPS) is 12.7. The Balaban J connectivity index is 2.21. The van der Waals surface area contributed by atoms with Crippen molar-refractivity contribution in [2.24, 2.45) is 0 Å². The second kappa shape index (κ2) is 4.82. The number of hydrogen-bond donors (Lipinski definition) is 2. The highest BCUT2D eigenvalue weighted by Crippen LogP contribution is 2.19. The van der Waals surface area contributed by atoms with Gasteiger partial charge in [0.15, 0.2) is 0 Å². The van der Waals surface area contributed by atoms with Gasteiger partial charge < -0.3 is 10.8 Å². The van der Waals surface area contributed by atoms with Crippen molar-refractivity contribution in [2.45, 2.75) is 33.4 Å². The van der Waals surface area contributed by atoms with E-state index in [9.17, 15) is 5.11 Å². The lowest BCUT2D eigenvalue weighted by Gasteiger charge is -2.13. The molecule has 4 nitrogen and oxygen atoms in total. The first-order valence-electron chi connectivity index (χ1n) is 6.03. The number of aliphatic hydroxyl groups is 1. The van der Waals surface area contributed by atoms with Gasteiger partial charge in [0.2, 0.25) is 0 Å². The minimum absolute atomic E-state index is 0.448. The maximum atomic E-state index is 10.2. The predicted octanol–water partition coefficient (Wildman–Crippen LogP) is 2.12. The number of aromatic nitrogens is 2. The molecule has 1 heterocycles. The fourth-order valence-electron chi connectivity index (χ4n) is 2.00. The molecule has 0 saturated carbocycles. The standard InChI is InChI=1S/C14H19N3O/c1-9-10(2)16-17(11(9)3)8-14(18)12-5-4-6-13(15)7-12/h4-7,14,18H,8,15H2,1-3H3. The van der Waals surface area contributed by atoms with Crippen molar-refractivity contribution in [3.05, 3.63) is 46.8 Å². The van der Waals surface area contributed by atoms with Crippen molar-refractivity contribution in [2.75, 3.05) is 5.73 Å². The van der Waals surface area contributed by atoms with E-state index in [-0.39, 0.29) is 0 Å². The van der Waals surface area contributed by atoms with E-state index in [4.69, 9.17) is 5.73 Å². The summed E-state index contributed by atoms with van der Waals surface area (Å²) in [5.74, 6) is 0. The first kappa shape index (κ1) is 12.6. The minimum atomic E-state index is -0.592. The van der Waals surface area contributed by atoms with Gasteiger partial charge in [-0.1, -0.05) is 12.1 Å². The van der Waals surface area contributed by atoms with Crippen LogP contribution in [0.15, 0.2) is 24.3 Å². The molecule has 1 aromatic carbocycles. The number of nitrogen functional groups attached to an aromatic ring is 1. The van der Waals surface area contributed by atoms with Gasteiger partial charge >= 0.3 is 0 Å². The van der Waals surface area contributed by atoms with Gasteiger partial charge in [0, 0.05) is 11.4 Å². The van der Waals surface area contributed by atoms with Gasteiger partial charge in [0.25, 0.3) is 0 Å². The molecule has 0 fully saturated rings. The number of benzene rings is 1. The molecular formula is C14H19N3O. The summed E-state index contributed by atoms with van der Waals surface area (Å²) in [6, 6.07) is 7.33. The summed E-state index contributed by atoms with van der Waals surface area (Å²) in [6.45, 7) is 6.48. The molecule has 2 rings (SSSR count). The smallest absolute Gasteiger partial charge is 0.0986 e. The third kappa shape index (κ3) is 2.38. The van der Waals surface area contributed by atoms with E-state index in [2.05, 4.69) is 5.10 Å². The van der Waals surface area contributed by atoms with Gasteiger partial charge in [-0.15, -0.1) is 0 Å². The van der Waals surface area contributed by atoms with E-state index in [1.54, 1.807) is 6.07 Å². The first-order valence-corrected chi connectivity index (χ1v) is 6.03. The molecule has 0 saturated heterocycles. The Morgan fingerprint density at radius 2 is 2.06 bits per heavy atom. The van der Waals surface area contributed by atoms with Gasteiger partial charge in [-0.05, 0) is 44.0 Å². The summed E-state index contributed by atoms with van der Waals surface area (Å²) in [6.07, 6.45) is -0.592. The Hall–Kier alpha value is -1.81. The minimum Gasteiger partial charge on any atom is -0.399 e. The van der Waals surface area contributed by atoms with Crippen LogP contribution in [0.4, 0.5) is 5.69 Å². The summed E-state index contributed by atoms with van der Waals surface area (Å²) in [5, 5.41) is 14.6. The van der Waals surface area contributed by atoms with Crippen LogP contribution in [-0.4, -0.2) is 14.9 Å². The average molecular weight is 245 g/mol. The molecule has 0 amide bonds. The largest absolute Gasteiger partial charge is 0.399 e. The SMILES string of the molecule is Cc1nn(CC(O)c2cccc(N)c2)c(C)c1C. The Bertz CT molecular complexity index is 560. The maximum Gasteiger partial charge on any atom is 0.0986 e.